The molecular formula is C15H17N5. The van der Waals surface area contributed by atoms with Gasteiger partial charge in [0.2, 0.25) is 0 Å². The number of nitrogens with zero attached hydrogens (tertiary/aromatic N) is 4. The molecule has 20 heavy (non-hydrogen) atoms. The Balaban J connectivity index is 2.28. The first-order chi connectivity index (χ1) is 9.72. The van der Waals surface area contributed by atoms with Crippen LogP contribution in [0.3, 0.4) is 0 Å². The summed E-state index contributed by atoms with van der Waals surface area (Å²) in [6, 6.07) is 5.96. The molecule has 0 fully saturated rings. The monoisotopic (exact) mass is 267 g/mol. The summed E-state index contributed by atoms with van der Waals surface area (Å²) in [5.41, 5.74) is 10.9. The summed E-state index contributed by atoms with van der Waals surface area (Å²) < 4.78 is 1.73. The maximum Gasteiger partial charge on any atom is 0.125 e. The average molecular weight is 267 g/mol. The predicted octanol–water partition coefficient (Wildman–Crippen LogP) is 2.56. The van der Waals surface area contributed by atoms with Crippen molar-refractivity contribution >= 4 is 16.9 Å². The number of hydrogen-bond donors (Lipinski definition) is 1. The van der Waals surface area contributed by atoms with E-state index in [0.29, 0.717) is 0 Å². The van der Waals surface area contributed by atoms with Crippen molar-refractivity contribution in [1.29, 1.82) is 0 Å². The number of nitrogen functional groups attached to an aromatic ring is 1. The van der Waals surface area contributed by atoms with Gasteiger partial charge >= 0.3 is 0 Å². The molecule has 102 valence electrons. The van der Waals surface area contributed by atoms with E-state index in [2.05, 4.69) is 22.0 Å². The fourth-order valence-electron chi connectivity index (χ4n) is 2.48. The van der Waals surface area contributed by atoms with Crippen molar-refractivity contribution in [2.75, 3.05) is 5.73 Å². The highest BCUT2D eigenvalue weighted by atomic mass is 15.3. The summed E-state index contributed by atoms with van der Waals surface area (Å²) in [6.07, 6.45) is 5.34. The molecule has 0 aliphatic heterocycles. The van der Waals surface area contributed by atoms with Gasteiger partial charge in [-0.25, -0.2) is 0 Å². The summed E-state index contributed by atoms with van der Waals surface area (Å²) in [7, 11) is 1.87. The molecule has 2 aromatic heterocycles. The van der Waals surface area contributed by atoms with Gasteiger partial charge in [0.15, 0.2) is 0 Å². The Bertz CT molecular complexity index is 755. The van der Waals surface area contributed by atoms with Gasteiger partial charge in [0.25, 0.3) is 0 Å². The third-order valence-electron chi connectivity index (χ3n) is 3.45. The summed E-state index contributed by atoms with van der Waals surface area (Å²) in [5.74, 6) is 0.725. The number of nitrogens with two attached hydrogens (primary N) is 1. The Morgan fingerprint density at radius 2 is 2.00 bits per heavy atom. The quantitative estimate of drug-likeness (QED) is 0.791. The van der Waals surface area contributed by atoms with E-state index in [9.17, 15) is 0 Å². The number of anilines is 1. The summed E-state index contributed by atoms with van der Waals surface area (Å²) in [6.45, 7) is 2.14. The zero-order chi connectivity index (χ0) is 14.1. The smallest absolute Gasteiger partial charge is 0.125 e. The highest BCUT2D eigenvalue weighted by Crippen LogP contribution is 2.31. The number of aryl methyl sites for hydroxylation is 1. The average Bonchev–Trinajstić information content (AvgIpc) is 2.75. The molecule has 0 saturated carbocycles. The Morgan fingerprint density at radius 3 is 2.80 bits per heavy atom. The SMILES string of the molecule is CCCc1c(-c2cccc3nccnc23)nn(C)c1N. The molecule has 0 bridgehead atoms. The van der Waals surface area contributed by atoms with Crippen molar-refractivity contribution in [2.45, 2.75) is 19.8 Å². The first kappa shape index (κ1) is 12.6. The molecule has 0 radical (unpaired) electrons. The minimum Gasteiger partial charge on any atom is -0.384 e. The highest BCUT2D eigenvalue weighted by molar-refractivity contribution is 5.91. The van der Waals surface area contributed by atoms with Crippen LogP contribution in [0.5, 0.6) is 0 Å². The van der Waals surface area contributed by atoms with Crippen molar-refractivity contribution in [3.05, 3.63) is 36.2 Å². The standard InChI is InChI=1S/C15H17N5/c1-3-5-11-13(19-20(2)15(11)16)10-6-4-7-12-14(10)18-9-8-17-12/h4,6-9H,3,5,16H2,1-2H3. The maximum absolute atomic E-state index is 6.14. The van der Waals surface area contributed by atoms with Gasteiger partial charge in [-0.3, -0.25) is 14.6 Å². The van der Waals surface area contributed by atoms with Crippen molar-refractivity contribution in [2.24, 2.45) is 7.05 Å². The van der Waals surface area contributed by atoms with Gasteiger partial charge < -0.3 is 5.73 Å². The Labute approximate surface area is 117 Å². The number of para-hydroxylation sites is 1. The molecule has 0 unspecified atom stereocenters. The van der Waals surface area contributed by atoms with E-state index in [1.165, 1.54) is 0 Å². The zero-order valence-corrected chi connectivity index (χ0v) is 11.7. The summed E-state index contributed by atoms with van der Waals surface area (Å²) in [5, 5.41) is 4.57. The lowest BCUT2D eigenvalue weighted by atomic mass is 10.0. The van der Waals surface area contributed by atoms with Crippen molar-refractivity contribution in [3.8, 4) is 11.3 Å². The topological polar surface area (TPSA) is 69.6 Å². The van der Waals surface area contributed by atoms with Crippen molar-refractivity contribution in [3.63, 3.8) is 0 Å². The van der Waals surface area contributed by atoms with Gasteiger partial charge in [-0.1, -0.05) is 25.5 Å². The third kappa shape index (κ3) is 1.91. The van der Waals surface area contributed by atoms with E-state index in [1.54, 1.807) is 17.1 Å². The van der Waals surface area contributed by atoms with Crippen molar-refractivity contribution < 1.29 is 0 Å². The Hall–Kier alpha value is -2.43. The van der Waals surface area contributed by atoms with Crippen LogP contribution in [0.1, 0.15) is 18.9 Å². The Kier molecular flexibility index (Phi) is 3.10. The molecule has 5 nitrogen and oxygen atoms in total. The fraction of sp³-hybridized carbons (Fsp3) is 0.267. The van der Waals surface area contributed by atoms with Crippen LogP contribution < -0.4 is 5.73 Å². The van der Waals surface area contributed by atoms with E-state index in [4.69, 9.17) is 5.73 Å². The molecule has 0 aliphatic rings. The van der Waals surface area contributed by atoms with E-state index in [1.807, 2.05) is 25.2 Å². The molecule has 5 heteroatoms. The lowest BCUT2D eigenvalue weighted by Crippen LogP contribution is -1.99. The fourth-order valence-corrected chi connectivity index (χ4v) is 2.48. The van der Waals surface area contributed by atoms with Gasteiger partial charge in [-0.05, 0) is 12.5 Å². The predicted molar refractivity (Wildman–Crippen MR) is 80.1 cm³/mol. The minimum absolute atomic E-state index is 0.725. The van der Waals surface area contributed by atoms with E-state index >= 15 is 0 Å². The van der Waals surface area contributed by atoms with Gasteiger partial charge in [0.1, 0.15) is 5.82 Å². The number of fused-ring (bicyclic) bond motifs is 1. The molecule has 1 aromatic carbocycles. The van der Waals surface area contributed by atoms with E-state index < -0.39 is 0 Å². The molecule has 3 aromatic rings. The van der Waals surface area contributed by atoms with Crippen molar-refractivity contribution in [1.82, 2.24) is 19.7 Å². The highest BCUT2D eigenvalue weighted by Gasteiger charge is 2.17. The van der Waals surface area contributed by atoms with Gasteiger partial charge in [0, 0.05) is 30.6 Å². The van der Waals surface area contributed by atoms with Gasteiger partial charge in [-0.15, -0.1) is 0 Å². The van der Waals surface area contributed by atoms with E-state index in [0.717, 1.165) is 46.5 Å². The second-order valence-electron chi connectivity index (χ2n) is 4.82. The molecule has 2 heterocycles. The molecule has 0 atom stereocenters. The molecule has 0 saturated heterocycles. The largest absolute Gasteiger partial charge is 0.384 e. The van der Waals surface area contributed by atoms with Crippen LogP contribution in [-0.2, 0) is 13.5 Å². The number of hydrogen-bond acceptors (Lipinski definition) is 4. The molecule has 0 amide bonds. The maximum atomic E-state index is 6.14. The molecule has 0 aliphatic carbocycles. The van der Waals surface area contributed by atoms with Crippen LogP contribution in [0.2, 0.25) is 0 Å². The summed E-state index contributed by atoms with van der Waals surface area (Å²) in [4.78, 5) is 8.79. The van der Waals surface area contributed by atoms with Gasteiger partial charge in [0.05, 0.1) is 16.7 Å². The number of rotatable bonds is 3. The zero-order valence-electron chi connectivity index (χ0n) is 11.7. The van der Waals surface area contributed by atoms with Gasteiger partial charge in [-0.2, -0.15) is 5.10 Å². The molecule has 2 N–H and O–H groups in total. The molecule has 3 rings (SSSR count). The second-order valence-corrected chi connectivity index (χ2v) is 4.82. The molecular weight excluding hydrogens is 250 g/mol. The van der Waals surface area contributed by atoms with Crippen LogP contribution >= 0.6 is 0 Å². The Morgan fingerprint density at radius 1 is 1.20 bits per heavy atom. The minimum atomic E-state index is 0.725. The lowest BCUT2D eigenvalue weighted by molar-refractivity contribution is 0.781. The van der Waals surface area contributed by atoms with Crippen LogP contribution in [0, 0.1) is 0 Å². The van der Waals surface area contributed by atoms with Crippen LogP contribution in [0.15, 0.2) is 30.6 Å². The summed E-state index contributed by atoms with van der Waals surface area (Å²) >= 11 is 0. The third-order valence-corrected chi connectivity index (χ3v) is 3.45. The second kappa shape index (κ2) is 4.92. The molecule has 0 spiro atoms. The normalized spacial score (nSPS) is 11.1. The first-order valence-corrected chi connectivity index (χ1v) is 6.73. The lowest BCUT2D eigenvalue weighted by Gasteiger charge is -2.05. The van der Waals surface area contributed by atoms with Crippen LogP contribution in [0.4, 0.5) is 5.82 Å². The van der Waals surface area contributed by atoms with E-state index in [-0.39, 0.29) is 0 Å². The van der Waals surface area contributed by atoms with Crippen LogP contribution in [-0.4, -0.2) is 19.7 Å². The first-order valence-electron chi connectivity index (χ1n) is 6.73. The number of benzene rings is 1. The number of aromatic nitrogens is 4. The van der Waals surface area contributed by atoms with Crippen LogP contribution in [0.25, 0.3) is 22.3 Å².